The predicted octanol–water partition coefficient (Wildman–Crippen LogP) is 5.11. The third-order valence-corrected chi connectivity index (χ3v) is 5.01. The minimum atomic E-state index is -0.967. The second-order valence-corrected chi connectivity index (χ2v) is 7.16. The Morgan fingerprint density at radius 2 is 1.67 bits per heavy atom. The Balaban J connectivity index is 1.87. The number of Topliss-reactive ketones (excluding diaryl/α,β-unsaturated/α-hetero) is 1. The summed E-state index contributed by atoms with van der Waals surface area (Å²) in [7, 11) is 0. The van der Waals surface area contributed by atoms with Gasteiger partial charge in [0, 0.05) is 12.3 Å². The summed E-state index contributed by atoms with van der Waals surface area (Å²) in [4.78, 5) is 24.5. The molecular formula is C25H24O5. The summed E-state index contributed by atoms with van der Waals surface area (Å²) in [6.07, 6.45) is 0.00323. The van der Waals surface area contributed by atoms with Crippen LogP contribution in [-0.2, 0) is 11.4 Å². The molecule has 0 aliphatic carbocycles. The van der Waals surface area contributed by atoms with E-state index in [1.807, 2.05) is 61.5 Å². The largest absolute Gasteiger partial charge is 0.507 e. The van der Waals surface area contributed by atoms with Crippen LogP contribution in [0.2, 0.25) is 0 Å². The number of hydrogen-bond acceptors (Lipinski definition) is 4. The maximum absolute atomic E-state index is 13.3. The van der Waals surface area contributed by atoms with Gasteiger partial charge in [0.2, 0.25) is 0 Å². The lowest BCUT2D eigenvalue weighted by atomic mass is 9.84. The standard InChI is InChI=1S/C25H24O5/c1-17-7-5-6-10-20(17)21(12-14-24(27)28)25(29)22-15-19(11-13-23(22)26)30-16-18-8-3-2-4-9-18/h2-11,13,15,21,26H,12,14,16H2,1H3,(H,27,28)/t21-/m0/s1. The monoisotopic (exact) mass is 404 g/mol. The van der Waals surface area contributed by atoms with Crippen molar-refractivity contribution in [2.75, 3.05) is 0 Å². The van der Waals surface area contributed by atoms with Crippen molar-refractivity contribution in [2.45, 2.75) is 32.3 Å². The molecule has 0 aromatic heterocycles. The lowest BCUT2D eigenvalue weighted by Gasteiger charge is -2.19. The van der Waals surface area contributed by atoms with Crippen LogP contribution >= 0.6 is 0 Å². The third-order valence-electron chi connectivity index (χ3n) is 5.01. The van der Waals surface area contributed by atoms with Crippen molar-refractivity contribution < 1.29 is 24.5 Å². The highest BCUT2D eigenvalue weighted by molar-refractivity contribution is 6.03. The summed E-state index contributed by atoms with van der Waals surface area (Å²) >= 11 is 0. The summed E-state index contributed by atoms with van der Waals surface area (Å²) in [6.45, 7) is 2.22. The van der Waals surface area contributed by atoms with Crippen LogP contribution in [0, 0.1) is 6.92 Å². The van der Waals surface area contributed by atoms with E-state index in [0.717, 1.165) is 16.7 Å². The second-order valence-electron chi connectivity index (χ2n) is 7.16. The van der Waals surface area contributed by atoms with Gasteiger partial charge in [0.1, 0.15) is 18.1 Å². The van der Waals surface area contributed by atoms with Gasteiger partial charge in [-0.05, 0) is 48.2 Å². The van der Waals surface area contributed by atoms with Crippen LogP contribution < -0.4 is 4.74 Å². The maximum atomic E-state index is 13.3. The molecule has 3 aromatic carbocycles. The molecule has 0 bridgehead atoms. The van der Waals surface area contributed by atoms with E-state index in [1.165, 1.54) is 12.1 Å². The van der Waals surface area contributed by atoms with Gasteiger partial charge in [-0.3, -0.25) is 9.59 Å². The number of carbonyl (C=O) groups is 2. The van der Waals surface area contributed by atoms with Crippen molar-refractivity contribution in [2.24, 2.45) is 0 Å². The quantitative estimate of drug-likeness (QED) is 0.484. The molecule has 5 heteroatoms. The first-order valence-corrected chi connectivity index (χ1v) is 9.77. The molecule has 2 N–H and O–H groups in total. The van der Waals surface area contributed by atoms with Gasteiger partial charge in [-0.1, -0.05) is 54.6 Å². The molecule has 3 aromatic rings. The van der Waals surface area contributed by atoms with Gasteiger partial charge >= 0.3 is 5.97 Å². The molecule has 0 saturated heterocycles. The first-order chi connectivity index (χ1) is 14.5. The van der Waals surface area contributed by atoms with Gasteiger partial charge in [0.15, 0.2) is 5.78 Å². The number of rotatable bonds is 9. The van der Waals surface area contributed by atoms with Crippen LogP contribution in [0.15, 0.2) is 72.8 Å². The normalized spacial score (nSPS) is 11.6. The molecule has 0 amide bonds. The number of carboxylic acid groups (broad SMARTS) is 1. The number of ketones is 1. The predicted molar refractivity (Wildman–Crippen MR) is 114 cm³/mol. The average molecular weight is 404 g/mol. The summed E-state index contributed by atoms with van der Waals surface area (Å²) in [6, 6.07) is 21.6. The first kappa shape index (κ1) is 21.1. The van der Waals surface area contributed by atoms with Crippen LogP contribution in [0.1, 0.15) is 45.8 Å². The molecule has 1 atom stereocenters. The molecule has 154 valence electrons. The molecule has 0 unspecified atom stereocenters. The Kier molecular flexibility index (Phi) is 6.86. The zero-order valence-corrected chi connectivity index (χ0v) is 16.7. The average Bonchev–Trinajstić information content (AvgIpc) is 2.75. The van der Waals surface area contributed by atoms with Crippen molar-refractivity contribution in [3.05, 3.63) is 95.1 Å². The number of aromatic hydroxyl groups is 1. The molecule has 0 saturated carbocycles. The van der Waals surface area contributed by atoms with E-state index in [0.29, 0.717) is 12.4 Å². The van der Waals surface area contributed by atoms with Gasteiger partial charge in [0.05, 0.1) is 5.56 Å². The summed E-state index contributed by atoms with van der Waals surface area (Å²) in [5.41, 5.74) is 2.77. The van der Waals surface area contributed by atoms with E-state index in [-0.39, 0.29) is 29.9 Å². The molecule has 3 rings (SSSR count). The topological polar surface area (TPSA) is 83.8 Å². The van der Waals surface area contributed by atoms with Crippen LogP contribution in [0.4, 0.5) is 0 Å². The van der Waals surface area contributed by atoms with Crippen molar-refractivity contribution in [3.63, 3.8) is 0 Å². The van der Waals surface area contributed by atoms with Crippen LogP contribution in [0.5, 0.6) is 11.5 Å². The van der Waals surface area contributed by atoms with E-state index >= 15 is 0 Å². The summed E-state index contributed by atoms with van der Waals surface area (Å²) in [5.74, 6) is -1.65. The van der Waals surface area contributed by atoms with Crippen LogP contribution in [0.25, 0.3) is 0 Å². The zero-order valence-electron chi connectivity index (χ0n) is 16.7. The number of aryl methyl sites for hydroxylation is 1. The third kappa shape index (κ3) is 5.26. The Hall–Kier alpha value is -3.60. The van der Waals surface area contributed by atoms with Crippen molar-refractivity contribution in [1.82, 2.24) is 0 Å². The summed E-state index contributed by atoms with van der Waals surface area (Å²) in [5, 5.41) is 19.5. The molecule has 0 radical (unpaired) electrons. The fraction of sp³-hybridized carbons (Fsp3) is 0.200. The van der Waals surface area contributed by atoms with E-state index in [1.54, 1.807) is 6.07 Å². The lowest BCUT2D eigenvalue weighted by Crippen LogP contribution is -2.16. The Labute approximate surface area is 175 Å². The lowest BCUT2D eigenvalue weighted by molar-refractivity contribution is -0.137. The zero-order chi connectivity index (χ0) is 21.5. The number of carboxylic acids is 1. The van der Waals surface area contributed by atoms with E-state index in [9.17, 15) is 14.7 Å². The number of phenolic OH excluding ortho intramolecular Hbond substituents is 1. The smallest absolute Gasteiger partial charge is 0.303 e. The molecule has 0 heterocycles. The van der Waals surface area contributed by atoms with Gasteiger partial charge in [-0.2, -0.15) is 0 Å². The number of phenols is 1. The molecule has 0 spiro atoms. The molecule has 5 nitrogen and oxygen atoms in total. The summed E-state index contributed by atoms with van der Waals surface area (Å²) < 4.78 is 5.79. The minimum absolute atomic E-state index is 0.124. The van der Waals surface area contributed by atoms with Crippen LogP contribution in [-0.4, -0.2) is 22.0 Å². The Morgan fingerprint density at radius 3 is 2.37 bits per heavy atom. The number of ether oxygens (including phenoxy) is 1. The fourth-order valence-electron chi connectivity index (χ4n) is 3.40. The van der Waals surface area contributed by atoms with Crippen molar-refractivity contribution in [3.8, 4) is 11.5 Å². The van der Waals surface area contributed by atoms with Gasteiger partial charge in [0.25, 0.3) is 0 Å². The number of benzene rings is 3. The van der Waals surface area contributed by atoms with E-state index in [4.69, 9.17) is 9.84 Å². The number of hydrogen-bond donors (Lipinski definition) is 2. The van der Waals surface area contributed by atoms with Crippen LogP contribution in [0.3, 0.4) is 0 Å². The highest BCUT2D eigenvalue weighted by Crippen LogP contribution is 2.33. The second kappa shape index (κ2) is 9.74. The Morgan fingerprint density at radius 1 is 0.967 bits per heavy atom. The molecule has 0 aliphatic rings. The maximum Gasteiger partial charge on any atom is 0.303 e. The van der Waals surface area contributed by atoms with Gasteiger partial charge < -0.3 is 14.9 Å². The van der Waals surface area contributed by atoms with Crippen molar-refractivity contribution >= 4 is 11.8 Å². The SMILES string of the molecule is Cc1ccccc1[C@H](CCC(=O)O)C(=O)c1cc(OCc2ccccc2)ccc1O. The minimum Gasteiger partial charge on any atom is -0.507 e. The molecule has 30 heavy (non-hydrogen) atoms. The van der Waals surface area contributed by atoms with Gasteiger partial charge in [-0.15, -0.1) is 0 Å². The molecule has 0 fully saturated rings. The van der Waals surface area contributed by atoms with Crippen molar-refractivity contribution in [1.29, 1.82) is 0 Å². The number of aliphatic carboxylic acids is 1. The van der Waals surface area contributed by atoms with E-state index in [2.05, 4.69) is 0 Å². The fourth-order valence-corrected chi connectivity index (χ4v) is 3.40. The molecule has 0 aliphatic heterocycles. The highest BCUT2D eigenvalue weighted by atomic mass is 16.5. The Bertz CT molecular complexity index is 1030. The van der Waals surface area contributed by atoms with Gasteiger partial charge in [-0.25, -0.2) is 0 Å². The number of carbonyl (C=O) groups excluding carboxylic acids is 1. The van der Waals surface area contributed by atoms with E-state index < -0.39 is 11.9 Å². The highest BCUT2D eigenvalue weighted by Gasteiger charge is 2.26. The molecular weight excluding hydrogens is 380 g/mol. The first-order valence-electron chi connectivity index (χ1n) is 9.77.